The first-order chi connectivity index (χ1) is 17.6. The van der Waals surface area contributed by atoms with Gasteiger partial charge in [-0.15, -0.1) is 11.3 Å². The van der Waals surface area contributed by atoms with E-state index >= 15 is 0 Å². The molecule has 1 fully saturated rings. The average molecular weight is 493 g/mol. The van der Waals surface area contributed by atoms with E-state index in [0.717, 1.165) is 16.8 Å². The first kappa shape index (κ1) is 21.1. The number of Topliss-reactive ketones (excluding diaryl/α,β-unsaturated/α-hetero) is 2. The van der Waals surface area contributed by atoms with Gasteiger partial charge in [0.25, 0.3) is 0 Å². The summed E-state index contributed by atoms with van der Waals surface area (Å²) in [5, 5.41) is 4.87. The molecule has 5 heterocycles. The lowest BCUT2D eigenvalue weighted by Gasteiger charge is -2.37. The highest BCUT2D eigenvalue weighted by Gasteiger charge is 2.70. The minimum Gasteiger partial charge on any atom is -0.461 e. The highest BCUT2D eigenvalue weighted by molar-refractivity contribution is 7.12. The summed E-state index contributed by atoms with van der Waals surface area (Å²) >= 11 is 1.34. The van der Waals surface area contributed by atoms with Gasteiger partial charge in [-0.1, -0.05) is 54.6 Å². The zero-order valence-corrected chi connectivity index (χ0v) is 19.8. The number of fused-ring (bicyclic) bond motifs is 6. The van der Waals surface area contributed by atoms with Gasteiger partial charge in [0, 0.05) is 11.4 Å². The van der Waals surface area contributed by atoms with Crippen molar-refractivity contribution in [2.45, 2.75) is 17.5 Å². The molecule has 0 unspecified atom stereocenters. The van der Waals surface area contributed by atoms with Crippen LogP contribution in [0.4, 0.5) is 11.4 Å². The Balaban J connectivity index is 1.55. The SMILES string of the molecule is O=C(c1cccs1)[C@@H]1[C@@H](C(=O)c2ccco2)[C@]2(C(=O)Nc3ccccc32)[C@H]2C=Cc3ccccc3N12. The van der Waals surface area contributed by atoms with Gasteiger partial charge in [-0.25, -0.2) is 0 Å². The molecule has 1 spiro atoms. The highest BCUT2D eigenvalue weighted by atomic mass is 32.1. The van der Waals surface area contributed by atoms with Crippen LogP contribution in [-0.2, 0) is 10.2 Å². The fourth-order valence-corrected chi connectivity index (χ4v) is 6.95. The number of rotatable bonds is 4. The van der Waals surface area contributed by atoms with Gasteiger partial charge in [-0.3, -0.25) is 14.4 Å². The molecule has 0 radical (unpaired) electrons. The lowest BCUT2D eigenvalue weighted by molar-refractivity contribution is -0.121. The van der Waals surface area contributed by atoms with E-state index in [-0.39, 0.29) is 23.2 Å². The fraction of sp³-hybridized carbons (Fsp3) is 0.138. The van der Waals surface area contributed by atoms with Crippen LogP contribution in [0, 0.1) is 5.92 Å². The Morgan fingerprint density at radius 3 is 2.58 bits per heavy atom. The number of amides is 1. The van der Waals surface area contributed by atoms with Crippen LogP contribution in [0.3, 0.4) is 0 Å². The number of benzene rings is 2. The second-order valence-corrected chi connectivity index (χ2v) is 10.2. The Hall–Kier alpha value is -4.23. The molecule has 1 N–H and O–H groups in total. The van der Waals surface area contributed by atoms with Crippen molar-refractivity contribution in [1.29, 1.82) is 0 Å². The zero-order valence-electron chi connectivity index (χ0n) is 19.0. The topological polar surface area (TPSA) is 79.6 Å². The summed E-state index contributed by atoms with van der Waals surface area (Å²) < 4.78 is 5.55. The van der Waals surface area contributed by atoms with Crippen LogP contribution < -0.4 is 10.2 Å². The molecule has 4 atom stereocenters. The molecule has 1 amide bonds. The molecule has 0 aliphatic carbocycles. The van der Waals surface area contributed by atoms with E-state index in [1.807, 2.05) is 77.0 Å². The summed E-state index contributed by atoms with van der Waals surface area (Å²) in [4.78, 5) is 45.2. The van der Waals surface area contributed by atoms with E-state index in [1.54, 1.807) is 18.2 Å². The second kappa shape index (κ2) is 7.63. The standard InChI is InChI=1S/C29H20N2O4S/c32-26(21-11-5-15-35-21)24-25(27(33)22-12-6-16-36-22)31-20-10-4-1-7-17(20)13-14-23(31)29(24)18-8-2-3-9-19(18)30-28(29)34/h1-16,23-25H,(H,30,34)/t23-,24+,25+,29-/m1/s1. The van der Waals surface area contributed by atoms with Gasteiger partial charge < -0.3 is 14.6 Å². The molecule has 2 aromatic heterocycles. The molecule has 36 heavy (non-hydrogen) atoms. The third-order valence-electron chi connectivity index (χ3n) is 7.62. The maximum absolute atomic E-state index is 14.3. The zero-order chi connectivity index (χ0) is 24.4. The number of anilines is 2. The molecule has 6 nitrogen and oxygen atoms in total. The van der Waals surface area contributed by atoms with Gasteiger partial charge in [-0.2, -0.15) is 0 Å². The Morgan fingerprint density at radius 1 is 0.944 bits per heavy atom. The van der Waals surface area contributed by atoms with Crippen LogP contribution in [0.5, 0.6) is 0 Å². The van der Waals surface area contributed by atoms with Crippen molar-refractivity contribution < 1.29 is 18.8 Å². The minimum atomic E-state index is -1.32. The lowest BCUT2D eigenvalue weighted by atomic mass is 9.64. The number of furan rings is 1. The predicted molar refractivity (Wildman–Crippen MR) is 137 cm³/mol. The maximum atomic E-state index is 14.3. The first-order valence-electron chi connectivity index (χ1n) is 11.7. The number of hydrogen-bond acceptors (Lipinski definition) is 6. The summed E-state index contributed by atoms with van der Waals surface area (Å²) in [7, 11) is 0. The number of nitrogens with zero attached hydrogens (tertiary/aromatic N) is 1. The monoisotopic (exact) mass is 492 g/mol. The molecule has 176 valence electrons. The van der Waals surface area contributed by atoms with Crippen molar-refractivity contribution in [2.75, 3.05) is 10.2 Å². The number of hydrogen-bond donors (Lipinski definition) is 1. The number of nitrogens with one attached hydrogen (secondary N) is 1. The molecule has 7 heteroatoms. The predicted octanol–water partition coefficient (Wildman–Crippen LogP) is 5.20. The summed E-state index contributed by atoms with van der Waals surface area (Å²) in [5.74, 6) is -1.70. The van der Waals surface area contributed by atoms with Crippen molar-refractivity contribution in [3.05, 3.63) is 112 Å². The van der Waals surface area contributed by atoms with Crippen LogP contribution in [0.15, 0.2) is 94.9 Å². The highest BCUT2D eigenvalue weighted by Crippen LogP contribution is 2.58. The number of carbonyl (C=O) groups is 3. The lowest BCUT2D eigenvalue weighted by Crippen LogP contribution is -2.51. The van der Waals surface area contributed by atoms with Gasteiger partial charge in [0.05, 0.1) is 23.1 Å². The number of thiophene rings is 1. The maximum Gasteiger partial charge on any atom is 0.238 e. The summed E-state index contributed by atoms with van der Waals surface area (Å²) in [6, 6.07) is 20.6. The Kier molecular flexibility index (Phi) is 4.47. The van der Waals surface area contributed by atoms with Crippen molar-refractivity contribution >= 4 is 46.3 Å². The largest absolute Gasteiger partial charge is 0.461 e. The Morgan fingerprint density at radius 2 is 1.78 bits per heavy atom. The van der Waals surface area contributed by atoms with E-state index < -0.39 is 23.4 Å². The molecule has 4 aromatic rings. The molecule has 1 saturated heterocycles. The molecule has 3 aliphatic heterocycles. The van der Waals surface area contributed by atoms with Crippen molar-refractivity contribution in [1.82, 2.24) is 0 Å². The molecular formula is C29H20N2O4S. The molecule has 2 aromatic carbocycles. The van der Waals surface area contributed by atoms with Crippen LogP contribution >= 0.6 is 11.3 Å². The molecule has 3 aliphatic rings. The van der Waals surface area contributed by atoms with Crippen molar-refractivity contribution in [2.24, 2.45) is 5.92 Å². The molecule has 0 saturated carbocycles. The van der Waals surface area contributed by atoms with Gasteiger partial charge in [0.2, 0.25) is 11.7 Å². The van der Waals surface area contributed by atoms with Gasteiger partial charge in [0.15, 0.2) is 11.5 Å². The fourth-order valence-electron chi connectivity index (χ4n) is 6.26. The van der Waals surface area contributed by atoms with Crippen molar-refractivity contribution in [3.63, 3.8) is 0 Å². The van der Waals surface area contributed by atoms with Crippen LogP contribution in [0.2, 0.25) is 0 Å². The van der Waals surface area contributed by atoms with E-state index in [1.165, 1.54) is 17.6 Å². The van der Waals surface area contributed by atoms with Crippen LogP contribution in [0.25, 0.3) is 6.08 Å². The third-order valence-corrected chi connectivity index (χ3v) is 8.51. The average Bonchev–Trinajstić information content (AvgIpc) is 3.70. The van der Waals surface area contributed by atoms with E-state index in [9.17, 15) is 14.4 Å². The third kappa shape index (κ3) is 2.63. The summed E-state index contributed by atoms with van der Waals surface area (Å²) in [5.41, 5.74) is 1.83. The first-order valence-corrected chi connectivity index (χ1v) is 12.6. The number of carbonyl (C=O) groups excluding carboxylic acids is 3. The van der Waals surface area contributed by atoms with Crippen molar-refractivity contribution in [3.8, 4) is 0 Å². The van der Waals surface area contributed by atoms with Gasteiger partial charge in [0.1, 0.15) is 11.5 Å². The van der Waals surface area contributed by atoms with E-state index in [2.05, 4.69) is 5.32 Å². The van der Waals surface area contributed by atoms with Gasteiger partial charge >= 0.3 is 0 Å². The van der Waals surface area contributed by atoms with E-state index in [4.69, 9.17) is 4.42 Å². The summed E-state index contributed by atoms with van der Waals surface area (Å²) in [6.07, 6.45) is 5.39. The quantitative estimate of drug-likeness (QED) is 0.396. The number of ketones is 2. The smallest absolute Gasteiger partial charge is 0.238 e. The number of para-hydroxylation sites is 2. The molecule has 0 bridgehead atoms. The normalized spacial score (nSPS) is 25.4. The summed E-state index contributed by atoms with van der Waals surface area (Å²) in [6.45, 7) is 0. The Labute approximate surface area is 210 Å². The minimum absolute atomic E-state index is 0.137. The molecular weight excluding hydrogens is 472 g/mol. The van der Waals surface area contributed by atoms with Crippen LogP contribution in [0.1, 0.15) is 31.4 Å². The van der Waals surface area contributed by atoms with Crippen LogP contribution in [-0.4, -0.2) is 29.6 Å². The van der Waals surface area contributed by atoms with E-state index in [0.29, 0.717) is 10.6 Å². The molecule has 7 rings (SSSR count). The Bertz CT molecular complexity index is 1560. The second-order valence-electron chi connectivity index (χ2n) is 9.24. The van der Waals surface area contributed by atoms with Gasteiger partial charge in [-0.05, 0) is 46.8 Å².